The van der Waals surface area contributed by atoms with Gasteiger partial charge in [-0.05, 0) is 30.7 Å². The summed E-state index contributed by atoms with van der Waals surface area (Å²) in [4.78, 5) is 22.1. The molecule has 116 valence electrons. The number of halogens is 1. The second-order valence-corrected chi connectivity index (χ2v) is 4.98. The standard InChI is InChI=1S/C16H19FN4O/c1-3-4-10-21(2)15(22)14-8-9-18-16(20-14)19-13-7-5-6-12(17)11-13/h5-9,11H,3-4,10H2,1-2H3,(H,18,19,20). The van der Waals surface area contributed by atoms with E-state index in [4.69, 9.17) is 0 Å². The van der Waals surface area contributed by atoms with Crippen LogP contribution in [0.3, 0.4) is 0 Å². The number of amides is 1. The van der Waals surface area contributed by atoms with Gasteiger partial charge in [-0.3, -0.25) is 4.79 Å². The van der Waals surface area contributed by atoms with Crippen molar-refractivity contribution in [2.24, 2.45) is 0 Å². The third-order valence-electron chi connectivity index (χ3n) is 3.15. The fourth-order valence-corrected chi connectivity index (χ4v) is 1.93. The van der Waals surface area contributed by atoms with Gasteiger partial charge < -0.3 is 10.2 Å². The van der Waals surface area contributed by atoms with Gasteiger partial charge in [-0.2, -0.15) is 0 Å². The number of carbonyl (C=O) groups is 1. The smallest absolute Gasteiger partial charge is 0.272 e. The molecule has 0 aliphatic rings. The first-order valence-corrected chi connectivity index (χ1v) is 7.21. The van der Waals surface area contributed by atoms with E-state index in [-0.39, 0.29) is 17.7 Å². The number of nitrogens with one attached hydrogen (secondary N) is 1. The molecule has 0 bridgehead atoms. The number of benzene rings is 1. The maximum Gasteiger partial charge on any atom is 0.272 e. The second-order valence-electron chi connectivity index (χ2n) is 4.98. The zero-order valence-electron chi connectivity index (χ0n) is 12.7. The molecular formula is C16H19FN4O. The van der Waals surface area contributed by atoms with Crippen molar-refractivity contribution in [2.45, 2.75) is 19.8 Å². The van der Waals surface area contributed by atoms with Crippen LogP contribution >= 0.6 is 0 Å². The molecule has 2 aromatic rings. The molecule has 1 aromatic heterocycles. The van der Waals surface area contributed by atoms with E-state index >= 15 is 0 Å². The summed E-state index contributed by atoms with van der Waals surface area (Å²) in [5.74, 6) is -0.241. The summed E-state index contributed by atoms with van der Waals surface area (Å²) in [5, 5.41) is 2.89. The lowest BCUT2D eigenvalue weighted by Crippen LogP contribution is -2.28. The highest BCUT2D eigenvalue weighted by molar-refractivity contribution is 5.92. The zero-order valence-corrected chi connectivity index (χ0v) is 12.7. The lowest BCUT2D eigenvalue weighted by molar-refractivity contribution is 0.0787. The molecule has 0 aliphatic heterocycles. The van der Waals surface area contributed by atoms with Crippen molar-refractivity contribution < 1.29 is 9.18 Å². The highest BCUT2D eigenvalue weighted by atomic mass is 19.1. The van der Waals surface area contributed by atoms with Crippen molar-refractivity contribution in [1.82, 2.24) is 14.9 Å². The largest absolute Gasteiger partial charge is 0.340 e. The van der Waals surface area contributed by atoms with Gasteiger partial charge in [0, 0.05) is 25.5 Å². The van der Waals surface area contributed by atoms with Crippen molar-refractivity contribution in [1.29, 1.82) is 0 Å². The number of anilines is 2. The van der Waals surface area contributed by atoms with Gasteiger partial charge in [-0.1, -0.05) is 19.4 Å². The van der Waals surface area contributed by atoms with Crippen LogP contribution in [0.4, 0.5) is 16.0 Å². The van der Waals surface area contributed by atoms with E-state index in [1.807, 2.05) is 0 Å². The first-order chi connectivity index (χ1) is 10.6. The Labute approximate surface area is 129 Å². The summed E-state index contributed by atoms with van der Waals surface area (Å²) in [7, 11) is 1.75. The molecule has 0 radical (unpaired) electrons. The van der Waals surface area contributed by atoms with Crippen molar-refractivity contribution in [3.63, 3.8) is 0 Å². The number of unbranched alkanes of at least 4 members (excludes halogenated alkanes) is 1. The molecule has 1 aromatic carbocycles. The molecule has 1 heterocycles. The summed E-state index contributed by atoms with van der Waals surface area (Å²) in [6.45, 7) is 2.76. The van der Waals surface area contributed by atoms with E-state index in [1.54, 1.807) is 30.1 Å². The van der Waals surface area contributed by atoms with Crippen molar-refractivity contribution in [2.75, 3.05) is 18.9 Å². The molecule has 0 atom stereocenters. The number of nitrogens with zero attached hydrogens (tertiary/aromatic N) is 3. The van der Waals surface area contributed by atoms with Gasteiger partial charge in [-0.25, -0.2) is 14.4 Å². The molecule has 6 heteroatoms. The molecule has 22 heavy (non-hydrogen) atoms. The summed E-state index contributed by atoms with van der Waals surface area (Å²) in [6.07, 6.45) is 3.48. The van der Waals surface area contributed by atoms with E-state index in [0.717, 1.165) is 12.8 Å². The lowest BCUT2D eigenvalue weighted by Gasteiger charge is -2.16. The van der Waals surface area contributed by atoms with E-state index in [1.165, 1.54) is 18.3 Å². The van der Waals surface area contributed by atoms with Gasteiger partial charge in [-0.15, -0.1) is 0 Å². The summed E-state index contributed by atoms with van der Waals surface area (Å²) < 4.78 is 13.2. The normalized spacial score (nSPS) is 10.3. The first kappa shape index (κ1) is 15.9. The molecule has 0 fully saturated rings. The van der Waals surface area contributed by atoms with Crippen LogP contribution in [0.2, 0.25) is 0 Å². The maximum atomic E-state index is 13.2. The summed E-state index contributed by atoms with van der Waals surface area (Å²) in [5.41, 5.74) is 0.844. The van der Waals surface area contributed by atoms with E-state index in [9.17, 15) is 9.18 Å². The molecular weight excluding hydrogens is 283 g/mol. The van der Waals surface area contributed by atoms with Crippen LogP contribution in [-0.2, 0) is 0 Å². The highest BCUT2D eigenvalue weighted by Gasteiger charge is 2.13. The number of hydrogen-bond acceptors (Lipinski definition) is 4. The van der Waals surface area contributed by atoms with Gasteiger partial charge in [0.2, 0.25) is 5.95 Å². The number of hydrogen-bond donors (Lipinski definition) is 1. The summed E-state index contributed by atoms with van der Waals surface area (Å²) in [6, 6.07) is 7.56. The number of carbonyl (C=O) groups excluding carboxylic acids is 1. The Morgan fingerprint density at radius 1 is 1.36 bits per heavy atom. The quantitative estimate of drug-likeness (QED) is 0.890. The predicted octanol–water partition coefficient (Wildman–Crippen LogP) is 3.23. The topological polar surface area (TPSA) is 58.1 Å². The Kier molecular flexibility index (Phi) is 5.41. The van der Waals surface area contributed by atoms with Gasteiger partial charge in [0.05, 0.1) is 0 Å². The monoisotopic (exact) mass is 302 g/mol. The SMILES string of the molecule is CCCCN(C)C(=O)c1ccnc(Nc2cccc(F)c2)n1. The van der Waals surface area contributed by atoms with Crippen molar-refractivity contribution in [3.05, 3.63) is 48.0 Å². The summed E-state index contributed by atoms with van der Waals surface area (Å²) >= 11 is 0. The van der Waals surface area contributed by atoms with Crippen LogP contribution in [0.15, 0.2) is 36.5 Å². The molecule has 0 unspecified atom stereocenters. The Balaban J connectivity index is 2.11. The van der Waals surface area contributed by atoms with Crippen LogP contribution in [-0.4, -0.2) is 34.4 Å². The molecule has 1 N–H and O–H groups in total. The molecule has 0 spiro atoms. The van der Waals surface area contributed by atoms with Gasteiger partial charge in [0.1, 0.15) is 11.5 Å². The molecule has 0 saturated heterocycles. The third-order valence-corrected chi connectivity index (χ3v) is 3.15. The van der Waals surface area contributed by atoms with Crippen molar-refractivity contribution in [3.8, 4) is 0 Å². The van der Waals surface area contributed by atoms with E-state index in [0.29, 0.717) is 17.9 Å². The Bertz CT molecular complexity index is 648. The van der Waals surface area contributed by atoms with Crippen LogP contribution in [0.25, 0.3) is 0 Å². The number of rotatable bonds is 6. The Morgan fingerprint density at radius 2 is 2.18 bits per heavy atom. The number of aromatic nitrogens is 2. The van der Waals surface area contributed by atoms with E-state index in [2.05, 4.69) is 22.2 Å². The fraction of sp³-hybridized carbons (Fsp3) is 0.312. The minimum Gasteiger partial charge on any atom is -0.340 e. The maximum absolute atomic E-state index is 13.2. The van der Waals surface area contributed by atoms with Gasteiger partial charge in [0.25, 0.3) is 5.91 Å². The Morgan fingerprint density at radius 3 is 2.91 bits per heavy atom. The Hall–Kier alpha value is -2.50. The van der Waals surface area contributed by atoms with Gasteiger partial charge >= 0.3 is 0 Å². The van der Waals surface area contributed by atoms with Gasteiger partial charge in [0.15, 0.2) is 0 Å². The third kappa shape index (κ3) is 4.25. The lowest BCUT2D eigenvalue weighted by atomic mass is 10.3. The van der Waals surface area contributed by atoms with Crippen LogP contribution < -0.4 is 5.32 Å². The zero-order chi connectivity index (χ0) is 15.9. The van der Waals surface area contributed by atoms with Crippen LogP contribution in [0.5, 0.6) is 0 Å². The first-order valence-electron chi connectivity index (χ1n) is 7.21. The molecule has 0 aliphatic carbocycles. The van der Waals surface area contributed by atoms with Crippen LogP contribution in [0, 0.1) is 5.82 Å². The predicted molar refractivity (Wildman–Crippen MR) is 83.6 cm³/mol. The van der Waals surface area contributed by atoms with Crippen molar-refractivity contribution >= 4 is 17.5 Å². The molecule has 5 nitrogen and oxygen atoms in total. The minimum absolute atomic E-state index is 0.154. The van der Waals surface area contributed by atoms with E-state index < -0.39 is 0 Å². The minimum atomic E-state index is -0.350. The average Bonchev–Trinajstić information content (AvgIpc) is 2.52. The molecule has 1 amide bonds. The molecule has 2 rings (SSSR count). The van der Waals surface area contributed by atoms with Crippen LogP contribution in [0.1, 0.15) is 30.3 Å². The molecule has 0 saturated carbocycles. The fourth-order valence-electron chi connectivity index (χ4n) is 1.93. The highest BCUT2D eigenvalue weighted by Crippen LogP contribution is 2.14. The second kappa shape index (κ2) is 7.49. The average molecular weight is 302 g/mol.